The standard InChI is InChI=1S/C21H23N5O2/c1-4-25(5-2)21(28)17-8-6-7-9-18(17)22-20(27)19-14-26(24-23-19)16-12-10-15(3)11-13-16/h6-14H,4-5H2,1-3H3,(H,22,27). The van der Waals surface area contributed by atoms with E-state index in [-0.39, 0.29) is 11.6 Å². The number of carbonyl (C=O) groups excluding carboxylic acids is 2. The molecule has 0 atom stereocenters. The van der Waals surface area contributed by atoms with E-state index in [4.69, 9.17) is 0 Å². The predicted molar refractivity (Wildman–Crippen MR) is 108 cm³/mol. The molecule has 0 aliphatic heterocycles. The lowest BCUT2D eigenvalue weighted by atomic mass is 10.1. The second kappa shape index (κ2) is 8.47. The number of hydrogen-bond donors (Lipinski definition) is 1. The maximum Gasteiger partial charge on any atom is 0.277 e. The maximum atomic E-state index is 12.7. The summed E-state index contributed by atoms with van der Waals surface area (Å²) in [4.78, 5) is 27.1. The van der Waals surface area contributed by atoms with Crippen LogP contribution in [0.2, 0.25) is 0 Å². The highest BCUT2D eigenvalue weighted by molar-refractivity contribution is 6.08. The SMILES string of the molecule is CCN(CC)C(=O)c1ccccc1NC(=O)c1cn(-c2ccc(C)cc2)nn1. The molecule has 3 aromatic rings. The van der Waals surface area contributed by atoms with Crippen LogP contribution in [0.5, 0.6) is 0 Å². The van der Waals surface area contributed by atoms with E-state index in [0.29, 0.717) is 24.3 Å². The number of amides is 2. The number of anilines is 1. The summed E-state index contributed by atoms with van der Waals surface area (Å²) in [6.45, 7) is 7.05. The first-order valence-corrected chi connectivity index (χ1v) is 9.22. The minimum absolute atomic E-state index is 0.121. The van der Waals surface area contributed by atoms with Crippen molar-refractivity contribution in [2.75, 3.05) is 18.4 Å². The molecular formula is C21H23N5O2. The monoisotopic (exact) mass is 377 g/mol. The quantitative estimate of drug-likeness (QED) is 0.715. The first kappa shape index (κ1) is 19.3. The van der Waals surface area contributed by atoms with Gasteiger partial charge >= 0.3 is 0 Å². The third-order valence-electron chi connectivity index (χ3n) is 4.48. The lowest BCUT2D eigenvalue weighted by Crippen LogP contribution is -2.31. The molecule has 2 amide bonds. The predicted octanol–water partition coefficient (Wildman–Crippen LogP) is 3.31. The molecule has 7 heteroatoms. The lowest BCUT2D eigenvalue weighted by molar-refractivity contribution is 0.0774. The molecule has 0 saturated heterocycles. The van der Waals surface area contributed by atoms with Crippen LogP contribution in [0.15, 0.2) is 54.7 Å². The minimum atomic E-state index is -0.418. The summed E-state index contributed by atoms with van der Waals surface area (Å²) in [5.41, 5.74) is 3.02. The molecule has 0 aliphatic rings. The van der Waals surface area contributed by atoms with Gasteiger partial charge < -0.3 is 10.2 Å². The van der Waals surface area contributed by atoms with E-state index < -0.39 is 5.91 Å². The van der Waals surface area contributed by atoms with Gasteiger partial charge in [0, 0.05) is 13.1 Å². The Morgan fingerprint density at radius 3 is 2.39 bits per heavy atom. The van der Waals surface area contributed by atoms with Crippen LogP contribution in [0.4, 0.5) is 5.69 Å². The van der Waals surface area contributed by atoms with E-state index in [1.807, 2.05) is 45.0 Å². The van der Waals surface area contributed by atoms with Gasteiger partial charge in [0.1, 0.15) is 0 Å². The van der Waals surface area contributed by atoms with Crippen molar-refractivity contribution < 1.29 is 9.59 Å². The third kappa shape index (κ3) is 4.09. The number of hydrogen-bond acceptors (Lipinski definition) is 4. The van der Waals surface area contributed by atoms with Crippen LogP contribution in [0.1, 0.15) is 40.3 Å². The van der Waals surface area contributed by atoms with Gasteiger partial charge in [-0.1, -0.05) is 35.0 Å². The molecule has 1 heterocycles. The van der Waals surface area contributed by atoms with Gasteiger partial charge in [0.05, 0.1) is 23.1 Å². The molecule has 2 aromatic carbocycles. The van der Waals surface area contributed by atoms with Crippen molar-refractivity contribution in [1.82, 2.24) is 19.9 Å². The Hall–Kier alpha value is -3.48. The van der Waals surface area contributed by atoms with Crippen molar-refractivity contribution in [3.63, 3.8) is 0 Å². The van der Waals surface area contributed by atoms with Crippen LogP contribution < -0.4 is 5.32 Å². The van der Waals surface area contributed by atoms with Crippen LogP contribution >= 0.6 is 0 Å². The molecule has 0 aliphatic carbocycles. The van der Waals surface area contributed by atoms with Crippen molar-refractivity contribution in [2.45, 2.75) is 20.8 Å². The Labute approximate surface area is 164 Å². The fourth-order valence-electron chi connectivity index (χ4n) is 2.84. The third-order valence-corrected chi connectivity index (χ3v) is 4.48. The first-order chi connectivity index (χ1) is 13.5. The van der Waals surface area contributed by atoms with E-state index in [1.165, 1.54) is 0 Å². The topological polar surface area (TPSA) is 80.1 Å². The number of aromatic nitrogens is 3. The fraction of sp³-hybridized carbons (Fsp3) is 0.238. The molecule has 0 spiro atoms. The summed E-state index contributed by atoms with van der Waals surface area (Å²) >= 11 is 0. The molecule has 3 rings (SSSR count). The van der Waals surface area contributed by atoms with E-state index in [2.05, 4.69) is 15.6 Å². The van der Waals surface area contributed by atoms with Gasteiger partial charge in [-0.25, -0.2) is 4.68 Å². The molecule has 0 unspecified atom stereocenters. The largest absolute Gasteiger partial charge is 0.339 e. The number of para-hydroxylation sites is 1. The molecule has 1 aromatic heterocycles. The number of rotatable bonds is 6. The Morgan fingerprint density at radius 1 is 1.04 bits per heavy atom. The van der Waals surface area contributed by atoms with Crippen LogP contribution in [0, 0.1) is 6.92 Å². The van der Waals surface area contributed by atoms with Gasteiger partial charge in [0.15, 0.2) is 5.69 Å². The lowest BCUT2D eigenvalue weighted by Gasteiger charge is -2.20. The number of benzene rings is 2. The van der Waals surface area contributed by atoms with Crippen LogP contribution in [-0.2, 0) is 0 Å². The van der Waals surface area contributed by atoms with Gasteiger partial charge in [-0.05, 0) is 45.0 Å². The zero-order valence-electron chi connectivity index (χ0n) is 16.2. The first-order valence-electron chi connectivity index (χ1n) is 9.22. The molecule has 28 heavy (non-hydrogen) atoms. The number of carbonyl (C=O) groups is 2. The van der Waals surface area contributed by atoms with E-state index in [9.17, 15) is 9.59 Å². The van der Waals surface area contributed by atoms with Crippen LogP contribution in [0.3, 0.4) is 0 Å². The van der Waals surface area contributed by atoms with E-state index in [0.717, 1.165) is 11.3 Å². The van der Waals surface area contributed by atoms with Crippen molar-refractivity contribution in [2.24, 2.45) is 0 Å². The average molecular weight is 377 g/mol. The van der Waals surface area contributed by atoms with Gasteiger partial charge in [-0.2, -0.15) is 0 Å². The number of nitrogens with one attached hydrogen (secondary N) is 1. The number of nitrogens with zero attached hydrogens (tertiary/aromatic N) is 4. The van der Waals surface area contributed by atoms with Crippen molar-refractivity contribution in [3.05, 3.63) is 71.5 Å². The fourth-order valence-corrected chi connectivity index (χ4v) is 2.84. The maximum absolute atomic E-state index is 12.7. The molecule has 144 valence electrons. The molecule has 0 radical (unpaired) electrons. The summed E-state index contributed by atoms with van der Waals surface area (Å²) in [5, 5.41) is 10.8. The summed E-state index contributed by atoms with van der Waals surface area (Å²) in [6, 6.07) is 14.7. The molecule has 7 nitrogen and oxygen atoms in total. The van der Waals surface area contributed by atoms with Gasteiger partial charge in [-0.3, -0.25) is 9.59 Å². The molecular weight excluding hydrogens is 354 g/mol. The Kier molecular flexibility index (Phi) is 5.84. The van der Waals surface area contributed by atoms with Crippen molar-refractivity contribution in [1.29, 1.82) is 0 Å². The highest BCUT2D eigenvalue weighted by Crippen LogP contribution is 2.18. The van der Waals surface area contributed by atoms with Gasteiger partial charge in [0.25, 0.3) is 11.8 Å². The van der Waals surface area contributed by atoms with E-state index >= 15 is 0 Å². The highest BCUT2D eigenvalue weighted by atomic mass is 16.2. The molecule has 0 saturated carbocycles. The van der Waals surface area contributed by atoms with Gasteiger partial charge in [0.2, 0.25) is 0 Å². The van der Waals surface area contributed by atoms with Crippen LogP contribution in [0.25, 0.3) is 5.69 Å². The normalized spacial score (nSPS) is 10.5. The minimum Gasteiger partial charge on any atom is -0.339 e. The van der Waals surface area contributed by atoms with Crippen LogP contribution in [-0.4, -0.2) is 44.8 Å². The van der Waals surface area contributed by atoms with E-state index in [1.54, 1.807) is 40.0 Å². The summed E-state index contributed by atoms with van der Waals surface area (Å²) in [6.07, 6.45) is 1.56. The summed E-state index contributed by atoms with van der Waals surface area (Å²) in [7, 11) is 0. The zero-order valence-corrected chi connectivity index (χ0v) is 16.2. The molecule has 0 bridgehead atoms. The Bertz CT molecular complexity index is 974. The Morgan fingerprint density at radius 2 is 1.71 bits per heavy atom. The smallest absolute Gasteiger partial charge is 0.277 e. The number of aryl methyl sites for hydroxylation is 1. The molecule has 0 fully saturated rings. The van der Waals surface area contributed by atoms with Crippen molar-refractivity contribution >= 4 is 17.5 Å². The zero-order chi connectivity index (χ0) is 20.1. The second-order valence-electron chi connectivity index (χ2n) is 6.36. The highest BCUT2D eigenvalue weighted by Gasteiger charge is 2.19. The van der Waals surface area contributed by atoms with Crippen molar-refractivity contribution in [3.8, 4) is 5.69 Å². The molecule has 1 N–H and O–H groups in total. The summed E-state index contributed by atoms with van der Waals surface area (Å²) in [5.74, 6) is -0.539. The summed E-state index contributed by atoms with van der Waals surface area (Å²) < 4.78 is 1.54. The van der Waals surface area contributed by atoms with Gasteiger partial charge in [-0.15, -0.1) is 5.10 Å². The second-order valence-corrected chi connectivity index (χ2v) is 6.36. The Balaban J connectivity index is 1.81. The average Bonchev–Trinajstić information content (AvgIpc) is 3.20.